The molecule has 2 N–H and O–H groups in total. The number of rotatable bonds is 4. The molecule has 1 amide bonds. The van der Waals surface area contributed by atoms with Crippen LogP contribution in [0.4, 0.5) is 8.78 Å². The van der Waals surface area contributed by atoms with Crippen molar-refractivity contribution in [3.8, 4) is 11.1 Å². The number of halogens is 2. The maximum Gasteiger partial charge on any atom is 0.322 e. The van der Waals surface area contributed by atoms with Gasteiger partial charge in [0.25, 0.3) is 5.91 Å². The largest absolute Gasteiger partial charge is 0.480 e. The number of carbonyl (C=O) groups excluding carboxylic acids is 1. The number of aliphatic carboxylic acids is 1. The molecule has 6 heteroatoms. The van der Waals surface area contributed by atoms with Crippen LogP contribution < -0.4 is 5.32 Å². The lowest BCUT2D eigenvalue weighted by Crippen LogP contribution is -2.30. The van der Waals surface area contributed by atoms with E-state index < -0.39 is 35.6 Å². The molecule has 0 aromatic heterocycles. The first-order valence-electron chi connectivity index (χ1n) is 6.87. The Morgan fingerprint density at radius 1 is 1.09 bits per heavy atom. The van der Waals surface area contributed by atoms with Crippen LogP contribution in [0.5, 0.6) is 0 Å². The number of carbonyl (C=O) groups is 2. The maximum atomic E-state index is 14.7. The number of benzene rings is 2. The van der Waals surface area contributed by atoms with Crippen LogP contribution >= 0.6 is 0 Å². The quantitative estimate of drug-likeness (QED) is 0.910. The van der Waals surface area contributed by atoms with Gasteiger partial charge in [-0.2, -0.15) is 0 Å². The fourth-order valence-corrected chi connectivity index (χ4v) is 2.44. The standard InChI is InChI=1S/C17H15F2NO3/c1-9-4-3-5-10(2)14(9)11-6-7-12(18)15(16(11)19)17(23)20-8-13(21)22/h3-7H,8H2,1-2H3,(H,20,23)(H,21,22). The Kier molecular flexibility index (Phi) is 4.74. The average Bonchev–Trinajstić information content (AvgIpc) is 2.47. The molecule has 120 valence electrons. The zero-order valence-electron chi connectivity index (χ0n) is 12.6. The predicted octanol–water partition coefficient (Wildman–Crippen LogP) is 3.06. The molecule has 0 aliphatic rings. The topological polar surface area (TPSA) is 66.4 Å². The van der Waals surface area contributed by atoms with Crippen molar-refractivity contribution in [3.05, 3.63) is 58.7 Å². The number of carboxylic acid groups (broad SMARTS) is 1. The van der Waals surface area contributed by atoms with Crippen LogP contribution in [0, 0.1) is 25.5 Å². The molecule has 0 aliphatic carbocycles. The molecule has 0 spiro atoms. The fraction of sp³-hybridized carbons (Fsp3) is 0.176. The van der Waals surface area contributed by atoms with Gasteiger partial charge in [0.2, 0.25) is 0 Å². The van der Waals surface area contributed by atoms with Gasteiger partial charge in [0, 0.05) is 5.56 Å². The lowest BCUT2D eigenvalue weighted by atomic mass is 9.93. The van der Waals surface area contributed by atoms with Gasteiger partial charge in [-0.15, -0.1) is 0 Å². The summed E-state index contributed by atoms with van der Waals surface area (Å²) in [5, 5.41) is 10.5. The fourth-order valence-electron chi connectivity index (χ4n) is 2.44. The van der Waals surface area contributed by atoms with Gasteiger partial charge in [0.05, 0.1) is 0 Å². The third kappa shape index (κ3) is 3.36. The van der Waals surface area contributed by atoms with Crippen molar-refractivity contribution in [2.45, 2.75) is 13.8 Å². The molecule has 23 heavy (non-hydrogen) atoms. The average molecular weight is 319 g/mol. The Labute approximate surface area is 131 Å². The monoisotopic (exact) mass is 319 g/mol. The van der Waals surface area contributed by atoms with Gasteiger partial charge < -0.3 is 10.4 Å². The number of nitrogens with one attached hydrogen (secondary N) is 1. The summed E-state index contributed by atoms with van der Waals surface area (Å²) in [7, 11) is 0. The van der Waals surface area contributed by atoms with E-state index in [2.05, 4.69) is 0 Å². The molecular formula is C17H15F2NO3. The molecule has 0 aliphatic heterocycles. The Bertz CT molecular complexity index is 767. The highest BCUT2D eigenvalue weighted by atomic mass is 19.1. The van der Waals surface area contributed by atoms with Crippen LogP contribution in [0.15, 0.2) is 30.3 Å². The minimum absolute atomic E-state index is 0.0995. The predicted molar refractivity (Wildman–Crippen MR) is 81.2 cm³/mol. The summed E-state index contributed by atoms with van der Waals surface area (Å²) in [5.41, 5.74) is 1.46. The normalized spacial score (nSPS) is 10.4. The highest BCUT2D eigenvalue weighted by molar-refractivity contribution is 5.97. The van der Waals surface area contributed by atoms with Crippen molar-refractivity contribution in [1.82, 2.24) is 5.32 Å². The van der Waals surface area contributed by atoms with E-state index in [4.69, 9.17) is 5.11 Å². The Balaban J connectivity index is 2.55. The number of hydrogen-bond acceptors (Lipinski definition) is 2. The zero-order valence-corrected chi connectivity index (χ0v) is 12.6. The molecule has 0 heterocycles. The van der Waals surface area contributed by atoms with Gasteiger partial charge in [-0.3, -0.25) is 9.59 Å². The molecule has 2 aromatic carbocycles. The maximum absolute atomic E-state index is 14.7. The molecule has 0 fully saturated rings. The summed E-state index contributed by atoms with van der Waals surface area (Å²) in [6.07, 6.45) is 0. The second-order valence-corrected chi connectivity index (χ2v) is 5.13. The van der Waals surface area contributed by atoms with Crippen molar-refractivity contribution in [3.63, 3.8) is 0 Å². The molecule has 0 atom stereocenters. The molecule has 4 nitrogen and oxygen atoms in total. The lowest BCUT2D eigenvalue weighted by Gasteiger charge is -2.13. The summed E-state index contributed by atoms with van der Waals surface area (Å²) >= 11 is 0. The van der Waals surface area contributed by atoms with Gasteiger partial charge in [-0.05, 0) is 42.7 Å². The molecular weight excluding hydrogens is 304 g/mol. The van der Waals surface area contributed by atoms with Gasteiger partial charge in [-0.1, -0.05) is 18.2 Å². The van der Waals surface area contributed by atoms with Crippen LogP contribution in [0.25, 0.3) is 11.1 Å². The molecule has 0 saturated carbocycles. The van der Waals surface area contributed by atoms with Crippen LogP contribution in [0.3, 0.4) is 0 Å². The summed E-state index contributed by atoms with van der Waals surface area (Å²) in [5.74, 6) is -4.45. The van der Waals surface area contributed by atoms with Crippen molar-refractivity contribution in [1.29, 1.82) is 0 Å². The number of amides is 1. The summed E-state index contributed by atoms with van der Waals surface area (Å²) in [6, 6.07) is 7.66. The minimum Gasteiger partial charge on any atom is -0.480 e. The summed E-state index contributed by atoms with van der Waals surface area (Å²) < 4.78 is 28.6. The summed E-state index contributed by atoms with van der Waals surface area (Å²) in [4.78, 5) is 22.4. The van der Waals surface area contributed by atoms with Crippen LogP contribution in [0.1, 0.15) is 21.5 Å². The highest BCUT2D eigenvalue weighted by Gasteiger charge is 2.22. The van der Waals surface area contributed by atoms with E-state index >= 15 is 0 Å². The second kappa shape index (κ2) is 6.56. The van der Waals surface area contributed by atoms with E-state index in [1.807, 2.05) is 11.4 Å². The van der Waals surface area contributed by atoms with E-state index in [9.17, 15) is 18.4 Å². The third-order valence-electron chi connectivity index (χ3n) is 3.47. The van der Waals surface area contributed by atoms with E-state index in [0.29, 0.717) is 5.56 Å². The SMILES string of the molecule is Cc1cccc(C)c1-c1ccc(F)c(C(=O)NCC(=O)O)c1F. The van der Waals surface area contributed by atoms with E-state index in [-0.39, 0.29) is 5.56 Å². The Morgan fingerprint density at radius 3 is 2.26 bits per heavy atom. The first-order chi connectivity index (χ1) is 10.8. The molecule has 0 bridgehead atoms. The van der Waals surface area contributed by atoms with Crippen LogP contribution in [-0.4, -0.2) is 23.5 Å². The number of aryl methyl sites for hydroxylation is 2. The number of hydrogen-bond donors (Lipinski definition) is 2. The van der Waals surface area contributed by atoms with Gasteiger partial charge in [0.1, 0.15) is 23.7 Å². The van der Waals surface area contributed by atoms with Crippen molar-refractivity contribution in [2.75, 3.05) is 6.54 Å². The van der Waals surface area contributed by atoms with E-state index in [0.717, 1.165) is 17.2 Å². The second-order valence-electron chi connectivity index (χ2n) is 5.13. The molecule has 0 radical (unpaired) electrons. The van der Waals surface area contributed by atoms with Crippen molar-refractivity contribution in [2.24, 2.45) is 0 Å². The minimum atomic E-state index is -1.30. The van der Waals surface area contributed by atoms with E-state index in [1.165, 1.54) is 6.07 Å². The molecule has 0 unspecified atom stereocenters. The first-order valence-corrected chi connectivity index (χ1v) is 6.87. The van der Waals surface area contributed by atoms with Crippen LogP contribution in [0.2, 0.25) is 0 Å². The summed E-state index contributed by atoms with van der Waals surface area (Å²) in [6.45, 7) is 2.86. The molecule has 2 rings (SSSR count). The Morgan fingerprint density at radius 2 is 1.70 bits per heavy atom. The number of carboxylic acids is 1. The highest BCUT2D eigenvalue weighted by Crippen LogP contribution is 2.31. The van der Waals surface area contributed by atoms with Crippen molar-refractivity contribution >= 4 is 11.9 Å². The molecule has 0 saturated heterocycles. The smallest absolute Gasteiger partial charge is 0.322 e. The van der Waals surface area contributed by atoms with E-state index in [1.54, 1.807) is 26.0 Å². The van der Waals surface area contributed by atoms with Crippen LogP contribution in [-0.2, 0) is 4.79 Å². The third-order valence-corrected chi connectivity index (χ3v) is 3.47. The van der Waals surface area contributed by atoms with Gasteiger partial charge in [0.15, 0.2) is 0 Å². The van der Waals surface area contributed by atoms with Gasteiger partial charge >= 0.3 is 5.97 Å². The first kappa shape index (κ1) is 16.6. The Hall–Kier alpha value is -2.76. The zero-order chi connectivity index (χ0) is 17.1. The van der Waals surface area contributed by atoms with Gasteiger partial charge in [-0.25, -0.2) is 8.78 Å². The lowest BCUT2D eigenvalue weighted by molar-refractivity contribution is -0.135. The molecule has 2 aromatic rings. The van der Waals surface area contributed by atoms with Crippen molar-refractivity contribution < 1.29 is 23.5 Å².